The van der Waals surface area contributed by atoms with Crippen molar-refractivity contribution in [3.63, 3.8) is 0 Å². The fraction of sp³-hybridized carbons (Fsp3) is 0.929. The first-order valence-corrected chi connectivity index (χ1v) is 16.7. The fourth-order valence-corrected chi connectivity index (χ4v) is 7.05. The maximum absolute atomic E-state index is 10.4. The van der Waals surface area contributed by atoms with E-state index in [1.807, 2.05) is 0 Å². The first-order valence-electron chi connectivity index (χ1n) is 14.1. The van der Waals surface area contributed by atoms with Crippen LogP contribution in [-0.2, 0) is 9.59 Å². The van der Waals surface area contributed by atoms with Gasteiger partial charge in [-0.2, -0.15) is 0 Å². The third-order valence-electron chi connectivity index (χ3n) is 7.20. The SMILES string of the molecule is CC[P+](CC)(CC)CC.O=C([O-])CCCCCCCCCCCCCCCCCCC(=O)O. The van der Waals surface area contributed by atoms with E-state index in [1.165, 1.54) is 95.3 Å². The summed E-state index contributed by atoms with van der Waals surface area (Å²) < 4.78 is 0. The number of unbranched alkanes of at least 4 members (excludes halogenated alkanes) is 15. The third-order valence-corrected chi connectivity index (χ3v) is 12.6. The zero-order valence-corrected chi connectivity index (χ0v) is 23.6. The second-order valence-corrected chi connectivity index (χ2v) is 14.7. The highest BCUT2D eigenvalue weighted by Gasteiger charge is 2.27. The predicted molar refractivity (Wildman–Crippen MR) is 145 cm³/mol. The van der Waals surface area contributed by atoms with Crippen molar-refractivity contribution in [3.8, 4) is 0 Å². The maximum Gasteiger partial charge on any atom is 0.303 e. The van der Waals surface area contributed by atoms with Crippen molar-refractivity contribution < 1.29 is 19.8 Å². The molecule has 33 heavy (non-hydrogen) atoms. The molecule has 0 aliphatic heterocycles. The molecule has 0 atom stereocenters. The molecule has 0 fully saturated rings. The third kappa shape index (κ3) is 25.8. The molecule has 0 radical (unpaired) electrons. The summed E-state index contributed by atoms with van der Waals surface area (Å²) in [4.78, 5) is 20.6. The fourth-order valence-electron chi connectivity index (χ4n) is 4.36. The van der Waals surface area contributed by atoms with Gasteiger partial charge in [-0.05, 0) is 47.0 Å². The molecule has 0 aliphatic carbocycles. The van der Waals surface area contributed by atoms with E-state index >= 15 is 0 Å². The lowest BCUT2D eigenvalue weighted by Crippen LogP contribution is -2.21. The highest BCUT2D eigenvalue weighted by molar-refractivity contribution is 7.75. The van der Waals surface area contributed by atoms with Gasteiger partial charge >= 0.3 is 5.97 Å². The molecule has 0 amide bonds. The number of aliphatic carboxylic acids is 2. The molecule has 0 saturated carbocycles. The van der Waals surface area contributed by atoms with Crippen LogP contribution in [0.4, 0.5) is 0 Å². The van der Waals surface area contributed by atoms with E-state index in [9.17, 15) is 14.7 Å². The van der Waals surface area contributed by atoms with E-state index < -0.39 is 19.2 Å². The molecule has 0 unspecified atom stereocenters. The molecule has 0 aliphatic rings. The second kappa shape index (κ2) is 26.0. The van der Waals surface area contributed by atoms with Gasteiger partial charge < -0.3 is 15.0 Å². The van der Waals surface area contributed by atoms with E-state index in [1.54, 1.807) is 0 Å². The van der Waals surface area contributed by atoms with Crippen LogP contribution in [0.3, 0.4) is 0 Å². The second-order valence-electron chi connectivity index (χ2n) is 9.53. The molecular weight excluding hydrogens is 431 g/mol. The number of rotatable bonds is 23. The molecule has 5 heteroatoms. The zero-order valence-electron chi connectivity index (χ0n) is 22.7. The summed E-state index contributed by atoms with van der Waals surface area (Å²) in [6, 6.07) is 0. The summed E-state index contributed by atoms with van der Waals surface area (Å²) in [5.41, 5.74) is 0. The molecular formula is C28H57O4P. The van der Waals surface area contributed by atoms with Gasteiger partial charge in [0.2, 0.25) is 0 Å². The maximum atomic E-state index is 10.4. The monoisotopic (exact) mass is 488 g/mol. The van der Waals surface area contributed by atoms with Crippen LogP contribution in [-0.4, -0.2) is 41.7 Å². The Morgan fingerprint density at radius 3 is 0.939 bits per heavy atom. The zero-order chi connectivity index (χ0) is 25.2. The smallest absolute Gasteiger partial charge is 0.303 e. The minimum atomic E-state index is -0.923. The van der Waals surface area contributed by atoms with Crippen LogP contribution in [0.1, 0.15) is 143 Å². The highest BCUT2D eigenvalue weighted by atomic mass is 31.2. The lowest BCUT2D eigenvalue weighted by atomic mass is 10.0. The number of carboxylic acids is 2. The molecule has 0 rings (SSSR count). The summed E-state index contributed by atoms with van der Waals surface area (Å²) in [5, 5.41) is 18.8. The molecule has 198 valence electrons. The highest BCUT2D eigenvalue weighted by Crippen LogP contribution is 2.57. The molecule has 0 aromatic carbocycles. The van der Waals surface area contributed by atoms with Gasteiger partial charge in [-0.1, -0.05) is 89.9 Å². The Morgan fingerprint density at radius 1 is 0.515 bits per heavy atom. The van der Waals surface area contributed by atoms with Crippen LogP contribution in [0, 0.1) is 0 Å². The first-order chi connectivity index (χ1) is 15.9. The van der Waals surface area contributed by atoms with Gasteiger partial charge in [-0.3, -0.25) is 4.79 Å². The lowest BCUT2D eigenvalue weighted by molar-refractivity contribution is -0.305. The lowest BCUT2D eigenvalue weighted by Gasteiger charge is -2.20. The van der Waals surface area contributed by atoms with Crippen LogP contribution in [0.5, 0.6) is 0 Å². The van der Waals surface area contributed by atoms with Crippen LogP contribution in [0.2, 0.25) is 0 Å². The van der Waals surface area contributed by atoms with Crippen molar-refractivity contribution in [2.24, 2.45) is 0 Å². The van der Waals surface area contributed by atoms with Gasteiger partial charge in [0.15, 0.2) is 0 Å². The Labute approximate surface area is 207 Å². The van der Waals surface area contributed by atoms with Crippen LogP contribution >= 0.6 is 7.26 Å². The summed E-state index contributed by atoms with van der Waals surface area (Å²) in [6.45, 7) is 9.41. The average Bonchev–Trinajstić information content (AvgIpc) is 2.80. The average molecular weight is 489 g/mol. The molecule has 1 N–H and O–H groups in total. The first kappa shape index (κ1) is 34.5. The molecule has 0 bridgehead atoms. The van der Waals surface area contributed by atoms with E-state index in [0.29, 0.717) is 6.42 Å². The van der Waals surface area contributed by atoms with Crippen molar-refractivity contribution in [1.29, 1.82) is 0 Å². The largest absolute Gasteiger partial charge is 0.550 e. The Kier molecular flexibility index (Phi) is 27.2. The molecule has 0 spiro atoms. The van der Waals surface area contributed by atoms with E-state index in [-0.39, 0.29) is 6.42 Å². The Morgan fingerprint density at radius 2 is 0.758 bits per heavy atom. The van der Waals surface area contributed by atoms with Crippen molar-refractivity contribution in [3.05, 3.63) is 0 Å². The Bertz CT molecular complexity index is 388. The normalized spacial score (nSPS) is 11.2. The van der Waals surface area contributed by atoms with Crippen molar-refractivity contribution in [2.75, 3.05) is 24.6 Å². The molecule has 0 aromatic heterocycles. The van der Waals surface area contributed by atoms with Gasteiger partial charge in [-0.25, -0.2) is 0 Å². The quantitative estimate of drug-likeness (QED) is 0.117. The summed E-state index contributed by atoms with van der Waals surface area (Å²) in [7, 11) is -0.420. The van der Waals surface area contributed by atoms with Gasteiger partial charge in [0, 0.05) is 19.7 Å². The molecule has 0 aromatic rings. The van der Waals surface area contributed by atoms with Crippen LogP contribution < -0.4 is 5.11 Å². The summed E-state index contributed by atoms with van der Waals surface area (Å²) >= 11 is 0. The molecule has 4 nitrogen and oxygen atoms in total. The van der Waals surface area contributed by atoms with Crippen molar-refractivity contribution in [1.82, 2.24) is 0 Å². The van der Waals surface area contributed by atoms with Gasteiger partial charge in [0.05, 0.1) is 24.6 Å². The number of hydrogen-bond donors (Lipinski definition) is 1. The van der Waals surface area contributed by atoms with Gasteiger partial charge in [0.25, 0.3) is 0 Å². The van der Waals surface area contributed by atoms with E-state index in [2.05, 4.69) is 27.7 Å². The van der Waals surface area contributed by atoms with E-state index in [0.717, 1.165) is 32.1 Å². The standard InChI is InChI=1S/C20H38O4.C8H20P/c21-19(22)17-15-13-11-9-7-5-3-1-2-4-6-8-10-12-14-16-18-20(23)24;1-5-9(6-2,7-3)8-4/h1-18H2,(H,21,22)(H,23,24);5-8H2,1-4H3/q;+1/p-1. The molecule has 0 saturated heterocycles. The summed E-state index contributed by atoms with van der Waals surface area (Å²) in [5.74, 6) is -1.60. The van der Waals surface area contributed by atoms with Crippen LogP contribution in [0.25, 0.3) is 0 Å². The van der Waals surface area contributed by atoms with Gasteiger partial charge in [-0.15, -0.1) is 0 Å². The number of carboxylic acid groups (broad SMARTS) is 2. The summed E-state index contributed by atoms with van der Waals surface area (Å²) in [6.07, 6.45) is 25.4. The van der Waals surface area contributed by atoms with Gasteiger partial charge in [0.1, 0.15) is 0 Å². The Balaban J connectivity index is 0. The molecule has 0 heterocycles. The number of carbonyl (C=O) groups excluding carboxylic acids is 1. The number of carbonyl (C=O) groups is 2. The minimum absolute atomic E-state index is 0.211. The number of hydrogen-bond acceptors (Lipinski definition) is 3. The topological polar surface area (TPSA) is 77.4 Å². The van der Waals surface area contributed by atoms with Crippen LogP contribution in [0.15, 0.2) is 0 Å². The van der Waals surface area contributed by atoms with Crippen molar-refractivity contribution >= 4 is 19.2 Å². The predicted octanol–water partition coefficient (Wildman–Crippen LogP) is 7.93. The van der Waals surface area contributed by atoms with E-state index in [4.69, 9.17) is 5.11 Å². The van der Waals surface area contributed by atoms with Crippen molar-refractivity contribution in [2.45, 2.75) is 143 Å². The minimum Gasteiger partial charge on any atom is -0.550 e. The Hall–Kier alpha value is -0.630.